The number of Topliss-reactive ketones (excluding diaryl/α,β-unsaturated/α-hetero) is 1. The first-order valence-electron chi connectivity index (χ1n) is 9.50. The first kappa shape index (κ1) is 20.6. The molecule has 1 saturated heterocycles. The maximum atomic E-state index is 13.0. The van der Waals surface area contributed by atoms with Crippen molar-refractivity contribution >= 4 is 17.4 Å². The molecule has 1 aliphatic rings. The molecule has 0 spiro atoms. The van der Waals surface area contributed by atoms with Crippen LogP contribution in [0.4, 0.5) is 0 Å². The Bertz CT molecular complexity index is 977. The Balaban J connectivity index is 2.19. The molecule has 1 atom stereocenters. The number of benzene rings is 2. The van der Waals surface area contributed by atoms with Crippen molar-refractivity contribution < 1.29 is 19.8 Å². The highest BCUT2D eigenvalue weighted by Crippen LogP contribution is 2.40. The fourth-order valence-electron chi connectivity index (χ4n) is 3.56. The van der Waals surface area contributed by atoms with Crippen molar-refractivity contribution in [2.75, 3.05) is 27.2 Å². The van der Waals surface area contributed by atoms with Gasteiger partial charge in [-0.3, -0.25) is 9.59 Å². The second kappa shape index (κ2) is 8.09. The highest BCUT2D eigenvalue weighted by atomic mass is 16.3. The maximum Gasteiger partial charge on any atom is 0.295 e. The molecule has 6 heteroatoms. The predicted molar refractivity (Wildman–Crippen MR) is 112 cm³/mol. The molecule has 1 heterocycles. The summed E-state index contributed by atoms with van der Waals surface area (Å²) in [5.41, 5.74) is 3.04. The molecule has 0 radical (unpaired) electrons. The molecule has 3 rings (SSSR count). The Hall–Kier alpha value is -3.12. The summed E-state index contributed by atoms with van der Waals surface area (Å²) in [7, 11) is 3.78. The van der Waals surface area contributed by atoms with Crippen molar-refractivity contribution in [3.63, 3.8) is 0 Å². The van der Waals surface area contributed by atoms with Gasteiger partial charge in [-0.15, -0.1) is 0 Å². The third-order valence-electron chi connectivity index (χ3n) is 5.19. The number of phenolic OH excluding ortho intramolecular Hbond substituents is 1. The SMILES string of the molecule is Cc1ccc(C)c(/C(O)=C2/C(=O)C(=O)N(CCN(C)C)C2c2ccc(O)cc2)c1. The minimum absolute atomic E-state index is 0.0770. The van der Waals surface area contributed by atoms with E-state index in [1.54, 1.807) is 12.1 Å². The van der Waals surface area contributed by atoms with Crippen LogP contribution in [-0.4, -0.2) is 58.9 Å². The lowest BCUT2D eigenvalue weighted by Crippen LogP contribution is -2.35. The zero-order chi connectivity index (χ0) is 21.3. The number of carbonyl (C=O) groups is 2. The lowest BCUT2D eigenvalue weighted by Gasteiger charge is -2.26. The second-order valence-electron chi connectivity index (χ2n) is 7.71. The lowest BCUT2D eigenvalue weighted by atomic mass is 9.93. The maximum absolute atomic E-state index is 13.0. The van der Waals surface area contributed by atoms with Crippen molar-refractivity contribution in [3.05, 3.63) is 70.3 Å². The van der Waals surface area contributed by atoms with E-state index in [0.29, 0.717) is 24.2 Å². The first-order chi connectivity index (χ1) is 13.7. The number of carbonyl (C=O) groups excluding carboxylic acids is 2. The number of hydrogen-bond donors (Lipinski definition) is 2. The van der Waals surface area contributed by atoms with E-state index in [1.807, 2.05) is 51.0 Å². The average molecular weight is 394 g/mol. The number of aliphatic hydroxyl groups excluding tert-OH is 1. The van der Waals surface area contributed by atoms with E-state index in [-0.39, 0.29) is 17.1 Å². The van der Waals surface area contributed by atoms with Gasteiger partial charge >= 0.3 is 0 Å². The first-order valence-corrected chi connectivity index (χ1v) is 9.50. The second-order valence-corrected chi connectivity index (χ2v) is 7.71. The van der Waals surface area contributed by atoms with Crippen molar-refractivity contribution in [1.29, 1.82) is 0 Å². The molecule has 0 saturated carbocycles. The number of rotatable bonds is 5. The highest BCUT2D eigenvalue weighted by Gasteiger charge is 2.46. The molecular formula is C23H26N2O4. The fourth-order valence-corrected chi connectivity index (χ4v) is 3.56. The van der Waals surface area contributed by atoms with Crippen LogP contribution in [0.3, 0.4) is 0 Å². The summed E-state index contributed by atoms with van der Waals surface area (Å²) < 4.78 is 0. The van der Waals surface area contributed by atoms with Gasteiger partial charge in [-0.2, -0.15) is 0 Å². The third kappa shape index (κ3) is 4.03. The Labute approximate surface area is 170 Å². The van der Waals surface area contributed by atoms with Gasteiger partial charge in [0.15, 0.2) is 0 Å². The van der Waals surface area contributed by atoms with Crippen molar-refractivity contribution in [3.8, 4) is 5.75 Å². The number of ketones is 1. The van der Waals surface area contributed by atoms with E-state index in [2.05, 4.69) is 0 Å². The quantitative estimate of drug-likeness (QED) is 0.463. The van der Waals surface area contributed by atoms with Gasteiger partial charge in [-0.25, -0.2) is 0 Å². The third-order valence-corrected chi connectivity index (χ3v) is 5.19. The molecule has 1 amide bonds. The van der Waals surface area contributed by atoms with Gasteiger partial charge < -0.3 is 20.0 Å². The Morgan fingerprint density at radius 1 is 1.07 bits per heavy atom. The van der Waals surface area contributed by atoms with Crippen molar-refractivity contribution in [2.24, 2.45) is 0 Å². The molecule has 152 valence electrons. The summed E-state index contributed by atoms with van der Waals surface area (Å²) >= 11 is 0. The van der Waals surface area contributed by atoms with Crippen LogP contribution in [0, 0.1) is 13.8 Å². The van der Waals surface area contributed by atoms with E-state index in [0.717, 1.165) is 11.1 Å². The van der Waals surface area contributed by atoms with Crippen LogP contribution in [-0.2, 0) is 9.59 Å². The summed E-state index contributed by atoms with van der Waals surface area (Å²) in [4.78, 5) is 29.2. The molecule has 1 aliphatic heterocycles. The van der Waals surface area contributed by atoms with Crippen LogP contribution in [0.5, 0.6) is 5.75 Å². The van der Waals surface area contributed by atoms with Gasteiger partial charge in [0.05, 0.1) is 11.6 Å². The number of nitrogens with zero attached hydrogens (tertiary/aromatic N) is 2. The summed E-state index contributed by atoms with van der Waals surface area (Å²) in [6.45, 7) is 4.67. The van der Waals surface area contributed by atoms with Gasteiger partial charge in [0, 0.05) is 18.7 Å². The van der Waals surface area contributed by atoms with Gasteiger partial charge in [-0.1, -0.05) is 29.8 Å². The number of aryl methyl sites for hydroxylation is 2. The van der Waals surface area contributed by atoms with Gasteiger partial charge in [-0.05, 0) is 57.3 Å². The molecular weight excluding hydrogens is 368 g/mol. The predicted octanol–water partition coefficient (Wildman–Crippen LogP) is 2.99. The van der Waals surface area contributed by atoms with Crippen molar-refractivity contribution in [2.45, 2.75) is 19.9 Å². The zero-order valence-electron chi connectivity index (χ0n) is 17.1. The summed E-state index contributed by atoms with van der Waals surface area (Å²) in [5, 5.41) is 20.8. The van der Waals surface area contributed by atoms with Crippen LogP contribution < -0.4 is 0 Å². The fraction of sp³-hybridized carbons (Fsp3) is 0.304. The van der Waals surface area contributed by atoms with Crippen LogP contribution in [0.2, 0.25) is 0 Å². The number of likely N-dealkylation sites (N-methyl/N-ethyl adjacent to an activating group) is 1. The number of aliphatic hydroxyl groups is 1. The number of amides is 1. The molecule has 2 aromatic rings. The van der Waals surface area contributed by atoms with Crippen LogP contribution in [0.1, 0.15) is 28.3 Å². The summed E-state index contributed by atoms with van der Waals surface area (Å²) in [6, 6.07) is 11.3. The van der Waals surface area contributed by atoms with Crippen LogP contribution in [0.15, 0.2) is 48.0 Å². The van der Waals surface area contributed by atoms with Crippen molar-refractivity contribution in [1.82, 2.24) is 9.80 Å². The molecule has 29 heavy (non-hydrogen) atoms. The van der Waals surface area contributed by atoms with E-state index < -0.39 is 17.7 Å². The molecule has 2 N–H and O–H groups in total. The Morgan fingerprint density at radius 2 is 1.72 bits per heavy atom. The minimum atomic E-state index is -0.713. The number of likely N-dealkylation sites (tertiary alicyclic amines) is 1. The number of hydrogen-bond acceptors (Lipinski definition) is 5. The monoisotopic (exact) mass is 394 g/mol. The Kier molecular flexibility index (Phi) is 5.75. The molecule has 6 nitrogen and oxygen atoms in total. The average Bonchev–Trinajstić information content (AvgIpc) is 2.93. The standard InChI is InChI=1S/C23H26N2O4/c1-14-5-6-15(2)18(13-14)21(27)19-20(16-7-9-17(26)10-8-16)25(12-11-24(3)4)23(29)22(19)28/h5-10,13,20,26-27H,11-12H2,1-4H3/b21-19-. The molecule has 0 bridgehead atoms. The van der Waals surface area contributed by atoms with Crippen LogP contribution >= 0.6 is 0 Å². The van der Waals surface area contributed by atoms with Gasteiger partial charge in [0.25, 0.3) is 11.7 Å². The lowest BCUT2D eigenvalue weighted by molar-refractivity contribution is -0.140. The van der Waals surface area contributed by atoms with Gasteiger partial charge in [0.1, 0.15) is 11.5 Å². The largest absolute Gasteiger partial charge is 0.508 e. The molecule has 0 aromatic heterocycles. The number of aromatic hydroxyl groups is 1. The molecule has 1 unspecified atom stereocenters. The highest BCUT2D eigenvalue weighted by molar-refractivity contribution is 6.46. The normalized spacial score (nSPS) is 18.7. The minimum Gasteiger partial charge on any atom is -0.508 e. The Morgan fingerprint density at radius 3 is 2.34 bits per heavy atom. The van der Waals surface area contributed by atoms with E-state index in [4.69, 9.17) is 0 Å². The molecule has 1 fully saturated rings. The summed E-state index contributed by atoms with van der Waals surface area (Å²) in [6.07, 6.45) is 0. The topological polar surface area (TPSA) is 81.1 Å². The van der Waals surface area contributed by atoms with E-state index in [9.17, 15) is 19.8 Å². The van der Waals surface area contributed by atoms with Gasteiger partial charge in [0.2, 0.25) is 0 Å². The number of phenols is 1. The summed E-state index contributed by atoms with van der Waals surface area (Å²) in [5.74, 6) is -1.40. The smallest absolute Gasteiger partial charge is 0.295 e. The molecule has 2 aromatic carbocycles. The van der Waals surface area contributed by atoms with E-state index in [1.165, 1.54) is 17.0 Å². The van der Waals surface area contributed by atoms with E-state index >= 15 is 0 Å². The zero-order valence-corrected chi connectivity index (χ0v) is 17.1. The van der Waals surface area contributed by atoms with Crippen LogP contribution in [0.25, 0.3) is 5.76 Å². The molecule has 0 aliphatic carbocycles.